The molecule has 0 aromatic heterocycles. The number of alkyl halides is 3. The first-order chi connectivity index (χ1) is 8.57. The van der Waals surface area contributed by atoms with Gasteiger partial charge in [-0.05, 0) is 22.5 Å². The monoisotopic (exact) mass is 271 g/mol. The fourth-order valence-electron chi connectivity index (χ4n) is 2.78. The summed E-state index contributed by atoms with van der Waals surface area (Å²) in [6, 6.07) is 5.85. The van der Waals surface area contributed by atoms with Crippen LogP contribution in [0.5, 0.6) is 0 Å². The zero-order valence-corrected chi connectivity index (χ0v) is 11.7. The van der Waals surface area contributed by atoms with E-state index in [-0.39, 0.29) is 10.8 Å². The SMILES string of the molecule is CC1(C)C(NCc2cccc(C(F)(F)F)c2)C1(C)C. The summed E-state index contributed by atoms with van der Waals surface area (Å²) in [6.45, 7) is 9.18. The van der Waals surface area contributed by atoms with Crippen LogP contribution in [0.15, 0.2) is 24.3 Å². The molecule has 106 valence electrons. The zero-order valence-electron chi connectivity index (χ0n) is 11.7. The van der Waals surface area contributed by atoms with Gasteiger partial charge in [-0.2, -0.15) is 13.2 Å². The van der Waals surface area contributed by atoms with Gasteiger partial charge in [-0.3, -0.25) is 0 Å². The van der Waals surface area contributed by atoms with Crippen LogP contribution in [-0.4, -0.2) is 6.04 Å². The van der Waals surface area contributed by atoms with E-state index in [0.29, 0.717) is 18.2 Å². The summed E-state index contributed by atoms with van der Waals surface area (Å²) < 4.78 is 37.8. The minimum Gasteiger partial charge on any atom is -0.309 e. The molecule has 0 spiro atoms. The van der Waals surface area contributed by atoms with Gasteiger partial charge in [0.2, 0.25) is 0 Å². The van der Waals surface area contributed by atoms with Crippen molar-refractivity contribution in [2.45, 2.75) is 46.5 Å². The molecule has 1 aromatic carbocycles. The molecule has 0 heterocycles. The van der Waals surface area contributed by atoms with Crippen molar-refractivity contribution < 1.29 is 13.2 Å². The van der Waals surface area contributed by atoms with Gasteiger partial charge in [0.1, 0.15) is 0 Å². The molecule has 1 aliphatic rings. The first-order valence-electron chi connectivity index (χ1n) is 6.46. The van der Waals surface area contributed by atoms with E-state index in [1.54, 1.807) is 6.07 Å². The molecule has 2 rings (SSSR count). The Morgan fingerprint density at radius 3 is 2.16 bits per heavy atom. The lowest BCUT2D eigenvalue weighted by atomic mass is 10.0. The molecule has 19 heavy (non-hydrogen) atoms. The Bertz CT molecular complexity index is 461. The maximum atomic E-state index is 12.6. The zero-order chi connectivity index (χ0) is 14.5. The fraction of sp³-hybridized carbons (Fsp3) is 0.600. The van der Waals surface area contributed by atoms with Gasteiger partial charge in [0.25, 0.3) is 0 Å². The highest BCUT2D eigenvalue weighted by Crippen LogP contribution is 2.62. The number of nitrogens with one attached hydrogen (secondary N) is 1. The Morgan fingerprint density at radius 2 is 1.68 bits per heavy atom. The highest BCUT2D eigenvalue weighted by atomic mass is 19.4. The van der Waals surface area contributed by atoms with Crippen LogP contribution in [0.1, 0.15) is 38.8 Å². The number of halogens is 3. The third kappa shape index (κ3) is 2.50. The molecule has 1 saturated carbocycles. The second-order valence-electron chi connectivity index (χ2n) is 6.46. The molecule has 0 bridgehead atoms. The highest BCUT2D eigenvalue weighted by molar-refractivity contribution is 5.26. The molecule has 0 atom stereocenters. The summed E-state index contributed by atoms with van der Waals surface area (Å²) in [5.74, 6) is 0. The van der Waals surface area contributed by atoms with E-state index in [1.165, 1.54) is 12.1 Å². The van der Waals surface area contributed by atoms with E-state index in [1.807, 2.05) is 0 Å². The van der Waals surface area contributed by atoms with Gasteiger partial charge >= 0.3 is 6.18 Å². The number of hydrogen-bond donors (Lipinski definition) is 1. The quantitative estimate of drug-likeness (QED) is 0.867. The summed E-state index contributed by atoms with van der Waals surface area (Å²) in [5, 5.41) is 3.36. The Kier molecular flexibility index (Phi) is 3.21. The highest BCUT2D eigenvalue weighted by Gasteiger charge is 2.64. The molecule has 1 aliphatic carbocycles. The van der Waals surface area contributed by atoms with Crippen LogP contribution in [-0.2, 0) is 12.7 Å². The van der Waals surface area contributed by atoms with Crippen molar-refractivity contribution in [3.8, 4) is 0 Å². The molecule has 1 nitrogen and oxygen atoms in total. The van der Waals surface area contributed by atoms with E-state index < -0.39 is 11.7 Å². The largest absolute Gasteiger partial charge is 0.416 e. The maximum absolute atomic E-state index is 12.6. The van der Waals surface area contributed by atoms with Crippen molar-refractivity contribution in [3.05, 3.63) is 35.4 Å². The number of rotatable bonds is 3. The van der Waals surface area contributed by atoms with Crippen LogP contribution in [0.3, 0.4) is 0 Å². The van der Waals surface area contributed by atoms with Crippen molar-refractivity contribution in [2.24, 2.45) is 10.8 Å². The second-order valence-corrected chi connectivity index (χ2v) is 6.46. The van der Waals surface area contributed by atoms with Crippen LogP contribution >= 0.6 is 0 Å². The summed E-state index contributed by atoms with van der Waals surface area (Å²) in [7, 11) is 0. The smallest absolute Gasteiger partial charge is 0.309 e. The standard InChI is InChI=1S/C15H20F3N/c1-13(2)12(14(13,3)4)19-9-10-6-5-7-11(8-10)15(16,17)18/h5-8,12,19H,9H2,1-4H3. The average Bonchev–Trinajstić information content (AvgIpc) is 2.66. The van der Waals surface area contributed by atoms with E-state index in [9.17, 15) is 13.2 Å². The normalized spacial score (nSPS) is 21.4. The van der Waals surface area contributed by atoms with Gasteiger partial charge in [-0.25, -0.2) is 0 Å². The molecule has 1 fully saturated rings. The van der Waals surface area contributed by atoms with Crippen LogP contribution in [0, 0.1) is 10.8 Å². The van der Waals surface area contributed by atoms with Crippen LogP contribution in [0.25, 0.3) is 0 Å². The van der Waals surface area contributed by atoms with Crippen molar-refractivity contribution in [1.29, 1.82) is 0 Å². The molecule has 1 N–H and O–H groups in total. The average molecular weight is 271 g/mol. The van der Waals surface area contributed by atoms with Gasteiger partial charge in [0.05, 0.1) is 5.56 Å². The molecule has 1 aromatic rings. The van der Waals surface area contributed by atoms with Crippen LogP contribution < -0.4 is 5.32 Å². The van der Waals surface area contributed by atoms with E-state index >= 15 is 0 Å². The predicted octanol–water partition coefficient (Wildman–Crippen LogP) is 4.23. The van der Waals surface area contributed by atoms with Crippen molar-refractivity contribution >= 4 is 0 Å². The number of hydrogen-bond acceptors (Lipinski definition) is 1. The molecular weight excluding hydrogens is 251 g/mol. The van der Waals surface area contributed by atoms with Gasteiger partial charge in [0.15, 0.2) is 0 Å². The van der Waals surface area contributed by atoms with Crippen LogP contribution in [0.4, 0.5) is 13.2 Å². The molecule has 0 amide bonds. The molecule has 0 unspecified atom stereocenters. The molecule has 4 heteroatoms. The Labute approximate surface area is 112 Å². The predicted molar refractivity (Wildman–Crippen MR) is 69.6 cm³/mol. The maximum Gasteiger partial charge on any atom is 0.416 e. The van der Waals surface area contributed by atoms with Gasteiger partial charge < -0.3 is 5.32 Å². The van der Waals surface area contributed by atoms with E-state index in [2.05, 4.69) is 33.0 Å². The van der Waals surface area contributed by atoms with Crippen LogP contribution in [0.2, 0.25) is 0 Å². The first kappa shape index (κ1) is 14.4. The fourth-order valence-corrected chi connectivity index (χ4v) is 2.78. The Balaban J connectivity index is 2.02. The third-order valence-electron chi connectivity index (χ3n) is 4.79. The first-order valence-corrected chi connectivity index (χ1v) is 6.46. The lowest BCUT2D eigenvalue weighted by molar-refractivity contribution is -0.137. The molecule has 0 saturated heterocycles. The molecule has 0 radical (unpaired) electrons. The Hall–Kier alpha value is -1.03. The molecular formula is C15H20F3N. The summed E-state index contributed by atoms with van der Waals surface area (Å²) in [6.07, 6.45) is -4.27. The minimum absolute atomic E-state index is 0.189. The summed E-state index contributed by atoms with van der Waals surface area (Å²) in [4.78, 5) is 0. The minimum atomic E-state index is -4.27. The number of benzene rings is 1. The lowest BCUT2D eigenvalue weighted by Gasteiger charge is -2.10. The van der Waals surface area contributed by atoms with Gasteiger partial charge in [-0.15, -0.1) is 0 Å². The van der Waals surface area contributed by atoms with E-state index in [4.69, 9.17) is 0 Å². The van der Waals surface area contributed by atoms with Gasteiger partial charge in [-0.1, -0.05) is 45.9 Å². The van der Waals surface area contributed by atoms with E-state index in [0.717, 1.165) is 6.07 Å². The molecule has 0 aliphatic heterocycles. The Morgan fingerprint density at radius 1 is 1.11 bits per heavy atom. The second kappa shape index (κ2) is 4.23. The van der Waals surface area contributed by atoms with Crippen molar-refractivity contribution in [2.75, 3.05) is 0 Å². The summed E-state index contributed by atoms with van der Waals surface area (Å²) >= 11 is 0. The van der Waals surface area contributed by atoms with Crippen molar-refractivity contribution in [3.63, 3.8) is 0 Å². The van der Waals surface area contributed by atoms with Gasteiger partial charge in [0, 0.05) is 12.6 Å². The van der Waals surface area contributed by atoms with Crippen molar-refractivity contribution in [1.82, 2.24) is 5.32 Å². The topological polar surface area (TPSA) is 12.0 Å². The lowest BCUT2D eigenvalue weighted by Crippen LogP contribution is -2.22. The summed E-state index contributed by atoms with van der Waals surface area (Å²) in [5.41, 5.74) is 0.470. The third-order valence-corrected chi connectivity index (χ3v) is 4.79.